The summed E-state index contributed by atoms with van der Waals surface area (Å²) >= 11 is 0. The van der Waals surface area contributed by atoms with E-state index in [4.69, 9.17) is 4.42 Å². The smallest absolute Gasteiger partial charge is 0.140 e. The van der Waals surface area contributed by atoms with Crippen LogP contribution in [0.1, 0.15) is 17.5 Å². The van der Waals surface area contributed by atoms with Gasteiger partial charge in [0.05, 0.1) is 12.5 Å². The summed E-state index contributed by atoms with van der Waals surface area (Å²) in [7, 11) is 0. The molecule has 1 atom stereocenters. The lowest BCUT2D eigenvalue weighted by molar-refractivity contribution is 0.210. The van der Waals surface area contributed by atoms with Crippen LogP contribution in [-0.2, 0) is 0 Å². The Morgan fingerprint density at radius 1 is 1.58 bits per heavy atom. The van der Waals surface area contributed by atoms with E-state index in [0.717, 1.165) is 0 Å². The second kappa shape index (κ2) is 2.83. The molecule has 0 bridgehead atoms. The van der Waals surface area contributed by atoms with Crippen molar-refractivity contribution >= 4 is 0 Å². The first-order valence-electron chi connectivity index (χ1n) is 3.57. The van der Waals surface area contributed by atoms with Crippen LogP contribution >= 0.6 is 0 Å². The number of aliphatic hydroxyl groups is 1. The number of hydrogen-bond acceptors (Lipinski definition) is 3. The zero-order valence-corrected chi connectivity index (χ0v) is 6.27. The molecule has 0 spiro atoms. The molecule has 62 valence electrons. The number of nitrogens with zero attached hydrogens (tertiary/aromatic N) is 1. The van der Waals surface area contributed by atoms with Gasteiger partial charge in [-0.3, -0.25) is 0 Å². The Hall–Kier alpha value is -1.55. The Balaban J connectivity index is 2.27. The highest BCUT2D eigenvalue weighted by Gasteiger charge is 2.12. The van der Waals surface area contributed by atoms with Gasteiger partial charge in [0.2, 0.25) is 0 Å². The van der Waals surface area contributed by atoms with Crippen LogP contribution in [0.25, 0.3) is 0 Å². The van der Waals surface area contributed by atoms with Crippen molar-refractivity contribution in [1.82, 2.24) is 9.97 Å². The summed E-state index contributed by atoms with van der Waals surface area (Å²) in [5.41, 5.74) is 0.699. The van der Waals surface area contributed by atoms with Crippen LogP contribution in [0.2, 0.25) is 0 Å². The minimum absolute atomic E-state index is 0.524. The van der Waals surface area contributed by atoms with Crippen molar-refractivity contribution in [2.45, 2.75) is 6.10 Å². The molecule has 0 fully saturated rings. The number of rotatable bonds is 2. The summed E-state index contributed by atoms with van der Waals surface area (Å²) in [6.07, 6.45) is 5.55. The van der Waals surface area contributed by atoms with Gasteiger partial charge in [-0.2, -0.15) is 0 Å². The summed E-state index contributed by atoms with van der Waals surface area (Å²) in [5, 5.41) is 9.62. The second-order valence-electron chi connectivity index (χ2n) is 2.43. The van der Waals surface area contributed by atoms with E-state index in [2.05, 4.69) is 9.97 Å². The van der Waals surface area contributed by atoms with Crippen molar-refractivity contribution in [1.29, 1.82) is 0 Å². The van der Waals surface area contributed by atoms with Crippen LogP contribution in [-0.4, -0.2) is 15.1 Å². The predicted octanol–water partition coefficient (Wildman–Crippen LogP) is 1.08. The van der Waals surface area contributed by atoms with Crippen LogP contribution in [0.15, 0.2) is 35.4 Å². The number of aromatic amines is 1. The van der Waals surface area contributed by atoms with Crippen molar-refractivity contribution in [3.8, 4) is 0 Å². The fourth-order valence-corrected chi connectivity index (χ4v) is 1.02. The molecule has 0 aromatic carbocycles. The number of hydrogen-bond donors (Lipinski definition) is 2. The first-order valence-corrected chi connectivity index (χ1v) is 3.57. The summed E-state index contributed by atoms with van der Waals surface area (Å²) in [6, 6.07) is 1.70. The topological polar surface area (TPSA) is 62.1 Å². The Labute approximate surface area is 68.9 Å². The second-order valence-corrected chi connectivity index (χ2v) is 2.43. The molecule has 0 amide bonds. The van der Waals surface area contributed by atoms with E-state index < -0.39 is 6.10 Å². The maximum atomic E-state index is 9.62. The number of aliphatic hydroxyl groups excluding tert-OH is 1. The van der Waals surface area contributed by atoms with E-state index in [1.54, 1.807) is 18.5 Å². The molecule has 0 saturated carbocycles. The number of H-pyrrole nitrogens is 1. The third-order valence-corrected chi connectivity index (χ3v) is 1.64. The molecule has 1 unspecified atom stereocenters. The van der Waals surface area contributed by atoms with Crippen LogP contribution < -0.4 is 0 Å². The molecular formula is C8H8N2O2. The number of nitrogens with one attached hydrogen (secondary N) is 1. The van der Waals surface area contributed by atoms with Gasteiger partial charge in [-0.15, -0.1) is 0 Å². The van der Waals surface area contributed by atoms with Crippen molar-refractivity contribution < 1.29 is 9.52 Å². The van der Waals surface area contributed by atoms with Gasteiger partial charge >= 0.3 is 0 Å². The Bertz CT molecular complexity index is 292. The van der Waals surface area contributed by atoms with Gasteiger partial charge in [-0.1, -0.05) is 0 Å². The van der Waals surface area contributed by atoms with E-state index >= 15 is 0 Å². The lowest BCUT2D eigenvalue weighted by Gasteiger charge is -2.02. The minimum atomic E-state index is -0.723. The molecule has 2 heterocycles. The molecule has 12 heavy (non-hydrogen) atoms. The molecule has 0 saturated heterocycles. The number of imidazole rings is 1. The van der Waals surface area contributed by atoms with E-state index in [0.29, 0.717) is 11.4 Å². The molecule has 0 aliphatic rings. The molecule has 0 aliphatic carbocycles. The summed E-state index contributed by atoms with van der Waals surface area (Å²) in [4.78, 5) is 6.75. The molecule has 2 aromatic heterocycles. The summed E-state index contributed by atoms with van der Waals surface area (Å²) in [5.74, 6) is 0.524. The quantitative estimate of drug-likeness (QED) is 0.698. The molecule has 0 radical (unpaired) electrons. The highest BCUT2D eigenvalue weighted by Crippen LogP contribution is 2.17. The van der Waals surface area contributed by atoms with Gasteiger partial charge in [0, 0.05) is 18.0 Å². The van der Waals surface area contributed by atoms with Gasteiger partial charge < -0.3 is 14.5 Å². The average molecular weight is 164 g/mol. The van der Waals surface area contributed by atoms with Gasteiger partial charge in [0.25, 0.3) is 0 Å². The van der Waals surface area contributed by atoms with Gasteiger partial charge in [-0.25, -0.2) is 4.98 Å². The van der Waals surface area contributed by atoms with Gasteiger partial charge in [0.15, 0.2) is 0 Å². The SMILES string of the molecule is OC(c1ccoc1)c1ncc[nH]1. The zero-order valence-electron chi connectivity index (χ0n) is 6.27. The lowest BCUT2D eigenvalue weighted by atomic mass is 10.2. The highest BCUT2D eigenvalue weighted by atomic mass is 16.3. The monoisotopic (exact) mass is 164 g/mol. The normalized spacial score (nSPS) is 13.1. The molecular weight excluding hydrogens is 156 g/mol. The fraction of sp³-hybridized carbons (Fsp3) is 0.125. The average Bonchev–Trinajstić information content (AvgIpc) is 2.77. The number of furan rings is 1. The largest absolute Gasteiger partial charge is 0.472 e. The van der Waals surface area contributed by atoms with Gasteiger partial charge in [-0.05, 0) is 6.07 Å². The maximum Gasteiger partial charge on any atom is 0.140 e. The Morgan fingerprint density at radius 3 is 3.08 bits per heavy atom. The molecule has 0 aliphatic heterocycles. The highest BCUT2D eigenvalue weighted by molar-refractivity contribution is 5.16. The standard InChI is InChI=1S/C8H8N2O2/c11-7(6-1-4-12-5-6)8-9-2-3-10-8/h1-5,7,11H,(H,9,10). The third kappa shape index (κ3) is 1.12. The summed E-state index contributed by atoms with van der Waals surface area (Å²) < 4.78 is 4.83. The van der Waals surface area contributed by atoms with Crippen molar-refractivity contribution in [3.05, 3.63) is 42.4 Å². The van der Waals surface area contributed by atoms with E-state index in [9.17, 15) is 5.11 Å². The minimum Gasteiger partial charge on any atom is -0.472 e. The molecule has 2 N–H and O–H groups in total. The first-order chi connectivity index (χ1) is 5.88. The van der Waals surface area contributed by atoms with Gasteiger partial charge in [0.1, 0.15) is 11.9 Å². The molecule has 4 nitrogen and oxygen atoms in total. The van der Waals surface area contributed by atoms with Crippen LogP contribution in [0.3, 0.4) is 0 Å². The summed E-state index contributed by atoms with van der Waals surface area (Å²) in [6.45, 7) is 0. The molecule has 4 heteroatoms. The van der Waals surface area contributed by atoms with E-state index in [1.165, 1.54) is 12.5 Å². The molecule has 2 aromatic rings. The Morgan fingerprint density at radius 2 is 2.50 bits per heavy atom. The lowest BCUT2D eigenvalue weighted by Crippen LogP contribution is -1.99. The Kier molecular flexibility index (Phi) is 1.68. The van der Waals surface area contributed by atoms with E-state index in [1.807, 2.05) is 0 Å². The van der Waals surface area contributed by atoms with Crippen LogP contribution in [0, 0.1) is 0 Å². The first kappa shape index (κ1) is 7.12. The predicted molar refractivity (Wildman–Crippen MR) is 41.4 cm³/mol. The van der Waals surface area contributed by atoms with Crippen LogP contribution in [0.5, 0.6) is 0 Å². The van der Waals surface area contributed by atoms with Crippen molar-refractivity contribution in [2.75, 3.05) is 0 Å². The molecule has 2 rings (SSSR count). The van der Waals surface area contributed by atoms with Crippen molar-refractivity contribution in [2.24, 2.45) is 0 Å². The van der Waals surface area contributed by atoms with Crippen LogP contribution in [0.4, 0.5) is 0 Å². The maximum absolute atomic E-state index is 9.62. The third-order valence-electron chi connectivity index (χ3n) is 1.64. The van der Waals surface area contributed by atoms with E-state index in [-0.39, 0.29) is 0 Å². The fourth-order valence-electron chi connectivity index (χ4n) is 1.02. The van der Waals surface area contributed by atoms with Crippen molar-refractivity contribution in [3.63, 3.8) is 0 Å². The number of aromatic nitrogens is 2. The zero-order chi connectivity index (χ0) is 8.39.